The molecule has 0 fully saturated rings. The second-order valence-electron chi connectivity index (χ2n) is 4.73. The van der Waals surface area contributed by atoms with Crippen LogP contribution in [-0.4, -0.2) is 20.6 Å². The zero-order chi connectivity index (χ0) is 14.2. The molecule has 2 aromatic heterocycles. The van der Waals surface area contributed by atoms with Crippen LogP contribution in [0.15, 0.2) is 23.1 Å². The van der Waals surface area contributed by atoms with Crippen molar-refractivity contribution in [2.45, 2.75) is 33.2 Å². The van der Waals surface area contributed by atoms with Gasteiger partial charge in [0.1, 0.15) is 11.2 Å². The van der Waals surface area contributed by atoms with Crippen molar-refractivity contribution < 1.29 is 9.90 Å². The van der Waals surface area contributed by atoms with Crippen LogP contribution >= 0.6 is 0 Å². The maximum absolute atomic E-state index is 12.1. The molecule has 0 saturated heterocycles. The van der Waals surface area contributed by atoms with E-state index in [4.69, 9.17) is 5.11 Å². The first-order valence-corrected chi connectivity index (χ1v) is 6.23. The highest BCUT2D eigenvalue weighted by molar-refractivity contribution is 5.91. The van der Waals surface area contributed by atoms with Crippen molar-refractivity contribution >= 4 is 17.0 Å². The summed E-state index contributed by atoms with van der Waals surface area (Å²) in [6.07, 6.45) is 1.37. The van der Waals surface area contributed by atoms with Crippen molar-refractivity contribution in [3.8, 4) is 0 Å². The Balaban J connectivity index is 2.86. The number of carboxylic acid groups (broad SMARTS) is 1. The smallest absolute Gasteiger partial charge is 0.341 e. The molecule has 2 aromatic rings. The summed E-state index contributed by atoms with van der Waals surface area (Å²) in [5.74, 6) is -0.953. The van der Waals surface area contributed by atoms with Crippen molar-refractivity contribution in [2.24, 2.45) is 0 Å². The molecule has 100 valence electrons. The Morgan fingerprint density at radius 3 is 2.63 bits per heavy atom. The second kappa shape index (κ2) is 4.84. The molecule has 0 aliphatic carbocycles. The maximum Gasteiger partial charge on any atom is 0.341 e. The van der Waals surface area contributed by atoms with Gasteiger partial charge in [-0.2, -0.15) is 0 Å². The molecular formula is C14H16N2O3. The van der Waals surface area contributed by atoms with E-state index in [-0.39, 0.29) is 11.5 Å². The molecule has 0 aromatic carbocycles. The van der Waals surface area contributed by atoms with E-state index < -0.39 is 11.4 Å². The molecule has 19 heavy (non-hydrogen) atoms. The standard InChI is InChI=1S/C14H16N2O3/c1-4-16-7-10(14(18)19)12(17)9-5-6-11(8(2)3)15-13(9)16/h5-8H,4H2,1-3H3,(H,18,19). The number of carbonyl (C=O) groups is 1. The van der Waals surface area contributed by atoms with Crippen LogP contribution in [0.3, 0.4) is 0 Å². The molecule has 1 N–H and O–H groups in total. The van der Waals surface area contributed by atoms with Crippen LogP contribution in [0.4, 0.5) is 0 Å². The Morgan fingerprint density at radius 1 is 1.42 bits per heavy atom. The van der Waals surface area contributed by atoms with Gasteiger partial charge in [0.15, 0.2) is 0 Å². The van der Waals surface area contributed by atoms with E-state index in [1.165, 1.54) is 6.20 Å². The predicted molar refractivity (Wildman–Crippen MR) is 72.7 cm³/mol. The fourth-order valence-electron chi connectivity index (χ4n) is 1.99. The SMILES string of the molecule is CCn1cc(C(=O)O)c(=O)c2ccc(C(C)C)nc21. The van der Waals surface area contributed by atoms with E-state index in [9.17, 15) is 9.59 Å². The number of pyridine rings is 2. The lowest BCUT2D eigenvalue weighted by Crippen LogP contribution is -2.19. The highest BCUT2D eigenvalue weighted by Gasteiger charge is 2.15. The molecule has 2 heterocycles. The molecule has 2 rings (SSSR count). The molecule has 0 amide bonds. The Morgan fingerprint density at radius 2 is 2.11 bits per heavy atom. The van der Waals surface area contributed by atoms with Gasteiger partial charge in [0, 0.05) is 18.4 Å². The third-order valence-electron chi connectivity index (χ3n) is 3.11. The second-order valence-corrected chi connectivity index (χ2v) is 4.73. The minimum atomic E-state index is -1.21. The average molecular weight is 260 g/mol. The summed E-state index contributed by atoms with van der Waals surface area (Å²) in [6, 6.07) is 3.44. The van der Waals surface area contributed by atoms with E-state index in [0.29, 0.717) is 17.6 Å². The number of aromatic nitrogens is 2. The van der Waals surface area contributed by atoms with Crippen LogP contribution in [0.2, 0.25) is 0 Å². The summed E-state index contributed by atoms with van der Waals surface area (Å²) in [5.41, 5.74) is 0.740. The lowest BCUT2D eigenvalue weighted by atomic mass is 10.1. The molecular weight excluding hydrogens is 244 g/mol. The van der Waals surface area contributed by atoms with E-state index >= 15 is 0 Å². The third-order valence-corrected chi connectivity index (χ3v) is 3.11. The van der Waals surface area contributed by atoms with Crippen LogP contribution in [0.25, 0.3) is 11.0 Å². The zero-order valence-electron chi connectivity index (χ0n) is 11.2. The Labute approximate surface area is 110 Å². The topological polar surface area (TPSA) is 72.2 Å². The Kier molecular flexibility index (Phi) is 3.38. The number of aryl methyl sites for hydroxylation is 1. The molecule has 0 bridgehead atoms. The minimum Gasteiger partial charge on any atom is -0.477 e. The quantitative estimate of drug-likeness (QED) is 0.918. The van der Waals surface area contributed by atoms with E-state index in [1.807, 2.05) is 20.8 Å². The largest absolute Gasteiger partial charge is 0.477 e. The third kappa shape index (κ3) is 2.23. The highest BCUT2D eigenvalue weighted by Crippen LogP contribution is 2.16. The van der Waals surface area contributed by atoms with Crippen LogP contribution in [0.1, 0.15) is 42.7 Å². The summed E-state index contributed by atoms with van der Waals surface area (Å²) in [4.78, 5) is 27.6. The van der Waals surface area contributed by atoms with E-state index in [1.54, 1.807) is 16.7 Å². The Hall–Kier alpha value is -2.17. The predicted octanol–water partition coefficient (Wildman–Crippen LogP) is 2.24. The van der Waals surface area contributed by atoms with Gasteiger partial charge in [-0.25, -0.2) is 9.78 Å². The molecule has 0 spiro atoms. The van der Waals surface area contributed by atoms with Crippen LogP contribution < -0.4 is 5.43 Å². The van der Waals surface area contributed by atoms with Gasteiger partial charge in [0.05, 0.1) is 5.39 Å². The van der Waals surface area contributed by atoms with Crippen molar-refractivity contribution in [3.05, 3.63) is 39.8 Å². The normalized spacial score (nSPS) is 11.2. The first kappa shape index (κ1) is 13.3. The summed E-state index contributed by atoms with van der Waals surface area (Å²) >= 11 is 0. The monoisotopic (exact) mass is 260 g/mol. The Bertz CT molecular complexity index is 702. The van der Waals surface area contributed by atoms with Gasteiger partial charge in [0.2, 0.25) is 5.43 Å². The van der Waals surface area contributed by atoms with Gasteiger partial charge >= 0.3 is 5.97 Å². The molecule has 5 heteroatoms. The van der Waals surface area contributed by atoms with Gasteiger partial charge in [-0.1, -0.05) is 13.8 Å². The van der Waals surface area contributed by atoms with Crippen molar-refractivity contribution in [2.75, 3.05) is 0 Å². The number of hydrogen-bond acceptors (Lipinski definition) is 3. The highest BCUT2D eigenvalue weighted by atomic mass is 16.4. The van der Waals surface area contributed by atoms with Gasteiger partial charge in [-0.15, -0.1) is 0 Å². The summed E-state index contributed by atoms with van der Waals surface area (Å²) < 4.78 is 1.70. The summed E-state index contributed by atoms with van der Waals surface area (Å²) in [6.45, 7) is 6.49. The van der Waals surface area contributed by atoms with E-state index in [0.717, 1.165) is 5.69 Å². The van der Waals surface area contributed by atoms with Crippen LogP contribution in [0.5, 0.6) is 0 Å². The number of fused-ring (bicyclic) bond motifs is 1. The lowest BCUT2D eigenvalue weighted by Gasteiger charge is -2.11. The molecule has 0 aliphatic rings. The number of hydrogen-bond donors (Lipinski definition) is 1. The van der Waals surface area contributed by atoms with Crippen molar-refractivity contribution in [3.63, 3.8) is 0 Å². The van der Waals surface area contributed by atoms with Crippen molar-refractivity contribution in [1.29, 1.82) is 0 Å². The molecule has 0 saturated carbocycles. The fourth-order valence-corrected chi connectivity index (χ4v) is 1.99. The van der Waals surface area contributed by atoms with Gasteiger partial charge in [-0.05, 0) is 25.0 Å². The first-order chi connectivity index (χ1) is 8.95. The molecule has 5 nitrogen and oxygen atoms in total. The van der Waals surface area contributed by atoms with Gasteiger partial charge in [-0.3, -0.25) is 4.79 Å². The van der Waals surface area contributed by atoms with Gasteiger partial charge in [0.25, 0.3) is 0 Å². The molecule has 0 atom stereocenters. The van der Waals surface area contributed by atoms with E-state index in [2.05, 4.69) is 4.98 Å². The number of aromatic carboxylic acids is 1. The zero-order valence-corrected chi connectivity index (χ0v) is 11.2. The molecule has 0 aliphatic heterocycles. The lowest BCUT2D eigenvalue weighted by molar-refractivity contribution is 0.0695. The van der Waals surface area contributed by atoms with Crippen LogP contribution in [-0.2, 0) is 6.54 Å². The first-order valence-electron chi connectivity index (χ1n) is 6.23. The number of rotatable bonds is 3. The summed E-state index contributed by atoms with van der Waals surface area (Å²) in [7, 11) is 0. The number of carboxylic acids is 1. The summed E-state index contributed by atoms with van der Waals surface area (Å²) in [5, 5.41) is 9.41. The molecule has 0 radical (unpaired) electrons. The molecule has 0 unspecified atom stereocenters. The van der Waals surface area contributed by atoms with Crippen LogP contribution in [0, 0.1) is 0 Å². The fraction of sp³-hybridized carbons (Fsp3) is 0.357. The van der Waals surface area contributed by atoms with Gasteiger partial charge < -0.3 is 9.67 Å². The number of nitrogens with zero attached hydrogens (tertiary/aromatic N) is 2. The minimum absolute atomic E-state index is 0.214. The average Bonchev–Trinajstić information content (AvgIpc) is 2.38. The van der Waals surface area contributed by atoms with Crippen molar-refractivity contribution in [1.82, 2.24) is 9.55 Å². The maximum atomic E-state index is 12.1.